The van der Waals surface area contributed by atoms with Gasteiger partial charge in [0.2, 0.25) is 0 Å². The third-order valence-electron chi connectivity index (χ3n) is 4.08. The standard InChI is InChI=1S/C17H26N4O/c1-4-21(8-7-20-9-11-22-12-10-20)17-15(13-18)5-6-16(19-17)14(2)3/h5-6,14H,4,7-12H2,1-3H3. The van der Waals surface area contributed by atoms with Crippen molar-refractivity contribution in [2.75, 3.05) is 50.8 Å². The fraction of sp³-hybridized carbons (Fsp3) is 0.647. The Morgan fingerprint density at radius 1 is 1.36 bits per heavy atom. The molecule has 1 aromatic heterocycles. The molecule has 0 spiro atoms. The number of morpholine rings is 1. The second-order valence-electron chi connectivity index (χ2n) is 5.91. The Morgan fingerprint density at radius 3 is 2.68 bits per heavy atom. The Kier molecular flexibility index (Phi) is 6.17. The van der Waals surface area contributed by atoms with Gasteiger partial charge in [-0.25, -0.2) is 4.98 Å². The zero-order valence-electron chi connectivity index (χ0n) is 13.9. The van der Waals surface area contributed by atoms with Crippen LogP contribution in [0.2, 0.25) is 0 Å². The van der Waals surface area contributed by atoms with Gasteiger partial charge < -0.3 is 9.64 Å². The van der Waals surface area contributed by atoms with E-state index in [1.807, 2.05) is 12.1 Å². The lowest BCUT2D eigenvalue weighted by Gasteiger charge is -2.30. The molecule has 0 atom stereocenters. The maximum Gasteiger partial charge on any atom is 0.146 e. The number of likely N-dealkylation sites (N-methyl/N-ethyl adjacent to an activating group) is 1. The predicted molar refractivity (Wildman–Crippen MR) is 88.2 cm³/mol. The molecule has 0 bridgehead atoms. The van der Waals surface area contributed by atoms with E-state index in [-0.39, 0.29) is 0 Å². The number of nitriles is 1. The van der Waals surface area contributed by atoms with Crippen LogP contribution in [0.1, 0.15) is 37.9 Å². The molecule has 5 nitrogen and oxygen atoms in total. The molecule has 0 unspecified atom stereocenters. The van der Waals surface area contributed by atoms with Gasteiger partial charge in [0, 0.05) is 38.4 Å². The molecule has 1 fully saturated rings. The van der Waals surface area contributed by atoms with Crippen molar-refractivity contribution < 1.29 is 4.74 Å². The van der Waals surface area contributed by atoms with E-state index in [0.29, 0.717) is 11.5 Å². The highest BCUT2D eigenvalue weighted by atomic mass is 16.5. The molecule has 2 rings (SSSR count). The third-order valence-corrected chi connectivity index (χ3v) is 4.08. The first-order valence-electron chi connectivity index (χ1n) is 8.11. The van der Waals surface area contributed by atoms with E-state index in [4.69, 9.17) is 9.72 Å². The summed E-state index contributed by atoms with van der Waals surface area (Å²) in [6.45, 7) is 12.7. The van der Waals surface area contributed by atoms with Crippen molar-refractivity contribution in [3.05, 3.63) is 23.4 Å². The summed E-state index contributed by atoms with van der Waals surface area (Å²) < 4.78 is 5.39. The van der Waals surface area contributed by atoms with Crippen molar-refractivity contribution in [3.8, 4) is 6.07 Å². The number of nitrogens with zero attached hydrogens (tertiary/aromatic N) is 4. The first-order chi connectivity index (χ1) is 10.7. The van der Waals surface area contributed by atoms with Crippen molar-refractivity contribution in [2.24, 2.45) is 0 Å². The zero-order valence-corrected chi connectivity index (χ0v) is 13.9. The van der Waals surface area contributed by atoms with Gasteiger partial charge in [-0.15, -0.1) is 0 Å². The average Bonchev–Trinajstić information content (AvgIpc) is 2.56. The summed E-state index contributed by atoms with van der Waals surface area (Å²) in [7, 11) is 0. The van der Waals surface area contributed by atoms with Crippen molar-refractivity contribution in [1.29, 1.82) is 5.26 Å². The summed E-state index contributed by atoms with van der Waals surface area (Å²) in [5.74, 6) is 1.19. The monoisotopic (exact) mass is 302 g/mol. The molecule has 1 aliphatic rings. The van der Waals surface area contributed by atoms with E-state index in [1.54, 1.807) is 0 Å². The first kappa shape index (κ1) is 16.7. The lowest BCUT2D eigenvalue weighted by molar-refractivity contribution is 0.0392. The number of rotatable bonds is 6. The van der Waals surface area contributed by atoms with E-state index in [2.05, 4.69) is 36.6 Å². The molecule has 0 N–H and O–H groups in total. The summed E-state index contributed by atoms with van der Waals surface area (Å²) in [5.41, 5.74) is 1.70. The minimum Gasteiger partial charge on any atom is -0.379 e. The highest BCUT2D eigenvalue weighted by Gasteiger charge is 2.16. The Labute approximate surface area is 133 Å². The number of hydrogen-bond acceptors (Lipinski definition) is 5. The highest BCUT2D eigenvalue weighted by molar-refractivity contribution is 5.54. The van der Waals surface area contributed by atoms with E-state index in [9.17, 15) is 5.26 Å². The van der Waals surface area contributed by atoms with Crippen molar-refractivity contribution in [3.63, 3.8) is 0 Å². The van der Waals surface area contributed by atoms with Gasteiger partial charge >= 0.3 is 0 Å². The molecule has 1 saturated heterocycles. The van der Waals surface area contributed by atoms with Gasteiger partial charge in [-0.3, -0.25) is 4.90 Å². The minimum absolute atomic E-state index is 0.365. The highest BCUT2D eigenvalue weighted by Crippen LogP contribution is 2.21. The molecule has 1 aliphatic heterocycles. The van der Waals surface area contributed by atoms with Gasteiger partial charge in [0.05, 0.1) is 18.8 Å². The smallest absolute Gasteiger partial charge is 0.146 e. The van der Waals surface area contributed by atoms with Gasteiger partial charge in [-0.2, -0.15) is 5.26 Å². The molecule has 0 amide bonds. The molecule has 2 heterocycles. The lowest BCUT2D eigenvalue weighted by atomic mass is 10.1. The Bertz CT molecular complexity index is 518. The van der Waals surface area contributed by atoms with Gasteiger partial charge in [0.1, 0.15) is 11.9 Å². The molecule has 0 aromatic carbocycles. The number of pyridine rings is 1. The van der Waals surface area contributed by atoms with Crippen LogP contribution in [0.25, 0.3) is 0 Å². The van der Waals surface area contributed by atoms with Crippen LogP contribution in [-0.4, -0.2) is 55.8 Å². The predicted octanol–water partition coefficient (Wildman–Crippen LogP) is 2.24. The third kappa shape index (κ3) is 4.19. The van der Waals surface area contributed by atoms with Crippen molar-refractivity contribution in [2.45, 2.75) is 26.7 Å². The normalized spacial score (nSPS) is 15.8. The van der Waals surface area contributed by atoms with Crippen LogP contribution < -0.4 is 4.90 Å². The van der Waals surface area contributed by atoms with Crippen LogP contribution in [0.4, 0.5) is 5.82 Å². The largest absolute Gasteiger partial charge is 0.379 e. The number of ether oxygens (including phenoxy) is 1. The SMILES string of the molecule is CCN(CCN1CCOCC1)c1nc(C(C)C)ccc1C#N. The maximum atomic E-state index is 9.37. The van der Waals surface area contributed by atoms with Crippen LogP contribution in [0.5, 0.6) is 0 Å². The lowest BCUT2D eigenvalue weighted by Crippen LogP contribution is -2.41. The topological polar surface area (TPSA) is 52.4 Å². The molecule has 1 aromatic rings. The van der Waals surface area contributed by atoms with Gasteiger partial charge in [-0.1, -0.05) is 13.8 Å². The summed E-state index contributed by atoms with van der Waals surface area (Å²) in [4.78, 5) is 9.35. The van der Waals surface area contributed by atoms with Crippen LogP contribution in [0, 0.1) is 11.3 Å². The fourth-order valence-corrected chi connectivity index (χ4v) is 2.61. The van der Waals surface area contributed by atoms with Crippen LogP contribution >= 0.6 is 0 Å². The number of hydrogen-bond donors (Lipinski definition) is 0. The van der Waals surface area contributed by atoms with Crippen molar-refractivity contribution in [1.82, 2.24) is 9.88 Å². The molecule has 22 heavy (non-hydrogen) atoms. The minimum atomic E-state index is 0.365. The Morgan fingerprint density at radius 2 is 2.09 bits per heavy atom. The Hall–Kier alpha value is -1.64. The van der Waals surface area contributed by atoms with Gasteiger partial charge in [0.15, 0.2) is 0 Å². The second kappa shape index (κ2) is 8.11. The maximum absolute atomic E-state index is 9.37. The molecule has 5 heteroatoms. The van der Waals surface area contributed by atoms with E-state index < -0.39 is 0 Å². The summed E-state index contributed by atoms with van der Waals surface area (Å²) in [6.07, 6.45) is 0. The van der Waals surface area contributed by atoms with E-state index >= 15 is 0 Å². The van der Waals surface area contributed by atoms with Crippen LogP contribution in [-0.2, 0) is 4.74 Å². The van der Waals surface area contributed by atoms with Gasteiger partial charge in [-0.05, 0) is 25.0 Å². The molecular formula is C17H26N4O. The molecule has 0 saturated carbocycles. The second-order valence-corrected chi connectivity index (χ2v) is 5.91. The number of aromatic nitrogens is 1. The van der Waals surface area contributed by atoms with Gasteiger partial charge in [0.25, 0.3) is 0 Å². The summed E-state index contributed by atoms with van der Waals surface area (Å²) >= 11 is 0. The first-order valence-corrected chi connectivity index (χ1v) is 8.11. The zero-order chi connectivity index (χ0) is 15.9. The fourth-order valence-electron chi connectivity index (χ4n) is 2.61. The van der Waals surface area contributed by atoms with Crippen LogP contribution in [0.3, 0.4) is 0 Å². The number of anilines is 1. The van der Waals surface area contributed by atoms with Crippen molar-refractivity contribution >= 4 is 5.82 Å². The molecule has 0 radical (unpaired) electrons. The molecule has 120 valence electrons. The molecular weight excluding hydrogens is 276 g/mol. The van der Waals surface area contributed by atoms with Crippen LogP contribution in [0.15, 0.2) is 12.1 Å². The summed E-state index contributed by atoms with van der Waals surface area (Å²) in [6, 6.07) is 6.14. The molecule has 0 aliphatic carbocycles. The Balaban J connectivity index is 2.11. The average molecular weight is 302 g/mol. The van der Waals surface area contributed by atoms with E-state index in [0.717, 1.165) is 57.4 Å². The summed E-state index contributed by atoms with van der Waals surface area (Å²) in [5, 5.41) is 9.37. The van der Waals surface area contributed by atoms with E-state index in [1.165, 1.54) is 0 Å². The quantitative estimate of drug-likeness (QED) is 0.806.